The van der Waals surface area contributed by atoms with Gasteiger partial charge < -0.3 is 15.8 Å². The van der Waals surface area contributed by atoms with Gasteiger partial charge in [0.15, 0.2) is 5.16 Å². The zero-order chi connectivity index (χ0) is 18.7. The maximum absolute atomic E-state index is 12.4. The molecule has 0 radical (unpaired) electrons. The Balaban J connectivity index is 1.66. The topological polar surface area (TPSA) is 132 Å². The van der Waals surface area contributed by atoms with E-state index in [0.717, 1.165) is 24.6 Å². The molecule has 1 aliphatic heterocycles. The largest absolute Gasteiger partial charge is 0.376 e. The Bertz CT molecular complexity index is 852. The first kappa shape index (κ1) is 18.7. The zero-order valence-corrected chi connectivity index (χ0v) is 15.7. The van der Waals surface area contributed by atoms with E-state index in [4.69, 9.17) is 10.5 Å². The van der Waals surface area contributed by atoms with Crippen LogP contribution in [0.2, 0.25) is 0 Å². The van der Waals surface area contributed by atoms with E-state index in [2.05, 4.69) is 15.5 Å². The summed E-state index contributed by atoms with van der Waals surface area (Å²) >= 11 is 2.38. The molecule has 1 fully saturated rings. The van der Waals surface area contributed by atoms with Crippen LogP contribution < -0.4 is 16.7 Å². The van der Waals surface area contributed by atoms with Crippen LogP contribution in [0.25, 0.3) is 0 Å². The molecule has 3 rings (SSSR count). The van der Waals surface area contributed by atoms with Crippen LogP contribution >= 0.6 is 23.1 Å². The van der Waals surface area contributed by atoms with Gasteiger partial charge in [0.2, 0.25) is 5.91 Å². The smallest absolute Gasteiger partial charge is 0.344 e. The minimum atomic E-state index is -0.598. The fourth-order valence-electron chi connectivity index (χ4n) is 2.57. The quantitative estimate of drug-likeness (QED) is 0.598. The van der Waals surface area contributed by atoms with Gasteiger partial charge in [-0.1, -0.05) is 11.8 Å². The number of nitrogens with two attached hydrogens (primary N) is 1. The summed E-state index contributed by atoms with van der Waals surface area (Å²) in [7, 11) is 0. The standard InChI is InChI=1S/C15H19N5O4S2/c1-8(12(22)17-13-10(11(16)21)4-6-25-13)26-15-19-18-14(23)20(15)7-9-3-2-5-24-9/h4,6,8-9H,2-3,5,7H2,1H3,(H2,16,21)(H,17,22)(H,18,23). The number of carbonyl (C=O) groups is 2. The lowest BCUT2D eigenvalue weighted by Gasteiger charge is -2.14. The Morgan fingerprint density at radius 1 is 1.62 bits per heavy atom. The number of ether oxygens (including phenoxy) is 1. The van der Waals surface area contributed by atoms with Gasteiger partial charge in [-0.3, -0.25) is 14.2 Å². The van der Waals surface area contributed by atoms with Crippen LogP contribution in [0, 0.1) is 0 Å². The summed E-state index contributed by atoms with van der Waals surface area (Å²) in [6.07, 6.45) is 1.85. The normalized spacial score (nSPS) is 18.0. The number of primary amides is 1. The molecule has 2 atom stereocenters. The lowest BCUT2D eigenvalue weighted by Crippen LogP contribution is -2.27. The van der Waals surface area contributed by atoms with Crippen molar-refractivity contribution >= 4 is 39.9 Å². The summed E-state index contributed by atoms with van der Waals surface area (Å²) in [5, 5.41) is 11.1. The summed E-state index contributed by atoms with van der Waals surface area (Å²) in [6.45, 7) is 2.80. The third kappa shape index (κ3) is 4.17. The Morgan fingerprint density at radius 3 is 3.12 bits per heavy atom. The molecule has 0 bridgehead atoms. The fourth-order valence-corrected chi connectivity index (χ4v) is 4.23. The number of carbonyl (C=O) groups excluding carboxylic acids is 2. The van der Waals surface area contributed by atoms with Crippen molar-refractivity contribution in [2.24, 2.45) is 5.73 Å². The van der Waals surface area contributed by atoms with E-state index in [1.165, 1.54) is 15.9 Å². The van der Waals surface area contributed by atoms with Crippen molar-refractivity contribution in [2.45, 2.75) is 42.8 Å². The SMILES string of the molecule is CC(Sc1n[nH]c(=O)n1CC1CCCO1)C(=O)Nc1sccc1C(N)=O. The highest BCUT2D eigenvalue weighted by Gasteiger charge is 2.23. The van der Waals surface area contributed by atoms with Crippen LogP contribution in [-0.2, 0) is 16.1 Å². The molecule has 2 unspecified atom stereocenters. The Morgan fingerprint density at radius 2 is 2.42 bits per heavy atom. The number of nitrogens with zero attached hydrogens (tertiary/aromatic N) is 2. The van der Waals surface area contributed by atoms with E-state index < -0.39 is 11.2 Å². The molecule has 0 aromatic carbocycles. The van der Waals surface area contributed by atoms with Gasteiger partial charge in [-0.15, -0.1) is 16.4 Å². The summed E-state index contributed by atoms with van der Waals surface area (Å²) in [5.74, 6) is -0.904. The molecule has 11 heteroatoms. The number of H-pyrrole nitrogens is 1. The van der Waals surface area contributed by atoms with E-state index in [1.807, 2.05) is 0 Å². The number of aromatic amines is 1. The second-order valence-electron chi connectivity index (χ2n) is 5.83. The molecule has 0 aliphatic carbocycles. The van der Waals surface area contributed by atoms with E-state index >= 15 is 0 Å². The predicted molar refractivity (Wildman–Crippen MR) is 98.6 cm³/mol. The van der Waals surface area contributed by atoms with Gasteiger partial charge in [-0.25, -0.2) is 9.89 Å². The van der Waals surface area contributed by atoms with Crippen molar-refractivity contribution < 1.29 is 14.3 Å². The Hall–Kier alpha value is -2.11. The molecule has 9 nitrogen and oxygen atoms in total. The number of thioether (sulfide) groups is 1. The number of nitrogens with one attached hydrogen (secondary N) is 2. The second-order valence-corrected chi connectivity index (χ2v) is 8.06. The summed E-state index contributed by atoms with van der Waals surface area (Å²) < 4.78 is 7.05. The van der Waals surface area contributed by atoms with Crippen molar-refractivity contribution in [1.29, 1.82) is 0 Å². The molecule has 3 heterocycles. The van der Waals surface area contributed by atoms with Crippen LogP contribution in [0.1, 0.15) is 30.1 Å². The predicted octanol–water partition coefficient (Wildman–Crippen LogP) is 1.03. The van der Waals surface area contributed by atoms with Gasteiger partial charge in [0.25, 0.3) is 5.91 Å². The molecule has 4 N–H and O–H groups in total. The molecule has 0 spiro atoms. The highest BCUT2D eigenvalue weighted by atomic mass is 32.2. The van der Waals surface area contributed by atoms with Crippen LogP contribution in [0.5, 0.6) is 0 Å². The number of aromatic nitrogens is 3. The number of anilines is 1. The maximum Gasteiger partial charge on any atom is 0.344 e. The lowest BCUT2D eigenvalue weighted by atomic mass is 10.2. The molecular weight excluding hydrogens is 378 g/mol. The number of rotatable bonds is 7. The van der Waals surface area contributed by atoms with Gasteiger partial charge in [0.05, 0.1) is 23.5 Å². The van der Waals surface area contributed by atoms with Crippen LogP contribution in [-0.4, -0.2) is 44.5 Å². The number of hydrogen-bond acceptors (Lipinski definition) is 7. The molecule has 2 aromatic rings. The number of thiophene rings is 1. The van der Waals surface area contributed by atoms with Gasteiger partial charge in [-0.05, 0) is 31.2 Å². The molecule has 0 saturated carbocycles. The third-order valence-corrected chi connectivity index (χ3v) is 5.87. The van der Waals surface area contributed by atoms with Gasteiger partial charge in [0, 0.05) is 6.61 Å². The van der Waals surface area contributed by atoms with Crippen LogP contribution in [0.4, 0.5) is 5.00 Å². The van der Waals surface area contributed by atoms with E-state index in [0.29, 0.717) is 23.3 Å². The average molecular weight is 397 g/mol. The molecular formula is C15H19N5O4S2. The molecule has 1 saturated heterocycles. The van der Waals surface area contributed by atoms with Crippen molar-refractivity contribution in [1.82, 2.24) is 14.8 Å². The maximum atomic E-state index is 12.4. The lowest BCUT2D eigenvalue weighted by molar-refractivity contribution is -0.115. The third-order valence-electron chi connectivity index (χ3n) is 3.95. The van der Waals surface area contributed by atoms with Crippen molar-refractivity contribution in [3.63, 3.8) is 0 Å². The first-order chi connectivity index (χ1) is 12.5. The minimum Gasteiger partial charge on any atom is -0.376 e. The van der Waals surface area contributed by atoms with E-state index in [1.54, 1.807) is 18.4 Å². The van der Waals surface area contributed by atoms with E-state index in [9.17, 15) is 14.4 Å². The molecule has 2 aromatic heterocycles. The number of hydrogen-bond donors (Lipinski definition) is 3. The highest BCUT2D eigenvalue weighted by Crippen LogP contribution is 2.26. The number of amides is 2. The average Bonchev–Trinajstić information content (AvgIpc) is 3.32. The molecule has 26 heavy (non-hydrogen) atoms. The monoisotopic (exact) mass is 397 g/mol. The van der Waals surface area contributed by atoms with Crippen LogP contribution in [0.3, 0.4) is 0 Å². The molecule has 140 valence electrons. The van der Waals surface area contributed by atoms with Gasteiger partial charge >= 0.3 is 5.69 Å². The molecule has 2 amide bonds. The van der Waals surface area contributed by atoms with Gasteiger partial charge in [-0.2, -0.15) is 0 Å². The summed E-state index contributed by atoms with van der Waals surface area (Å²) in [5.41, 5.74) is 5.23. The van der Waals surface area contributed by atoms with Crippen molar-refractivity contribution in [3.8, 4) is 0 Å². The van der Waals surface area contributed by atoms with Gasteiger partial charge in [0.1, 0.15) is 5.00 Å². The first-order valence-corrected chi connectivity index (χ1v) is 9.83. The summed E-state index contributed by atoms with van der Waals surface area (Å²) in [6, 6.07) is 1.56. The van der Waals surface area contributed by atoms with E-state index in [-0.39, 0.29) is 23.3 Å². The van der Waals surface area contributed by atoms with Crippen molar-refractivity contribution in [2.75, 3.05) is 11.9 Å². The zero-order valence-electron chi connectivity index (χ0n) is 14.1. The minimum absolute atomic E-state index is 0.0157. The second kappa shape index (κ2) is 8.06. The fraction of sp³-hybridized carbons (Fsp3) is 0.467. The van der Waals surface area contributed by atoms with Crippen molar-refractivity contribution in [3.05, 3.63) is 27.5 Å². The summed E-state index contributed by atoms with van der Waals surface area (Å²) in [4.78, 5) is 35.8. The van der Waals surface area contributed by atoms with Crippen LogP contribution in [0.15, 0.2) is 21.4 Å². The first-order valence-electron chi connectivity index (χ1n) is 8.07. The Labute approximate surface area is 157 Å². The molecule has 1 aliphatic rings. The Kier molecular flexibility index (Phi) is 5.79. The highest BCUT2D eigenvalue weighted by molar-refractivity contribution is 8.00.